The Balaban J connectivity index is 1.49. The van der Waals surface area contributed by atoms with Crippen molar-refractivity contribution in [3.8, 4) is 5.69 Å². The molecule has 0 saturated heterocycles. The summed E-state index contributed by atoms with van der Waals surface area (Å²) >= 11 is 1.32. The summed E-state index contributed by atoms with van der Waals surface area (Å²) in [7, 11) is 0. The fraction of sp³-hybridized carbons (Fsp3) is 0.214. The Morgan fingerprint density at radius 1 is 1.03 bits per heavy atom. The van der Waals surface area contributed by atoms with Crippen LogP contribution in [-0.2, 0) is 4.79 Å². The van der Waals surface area contributed by atoms with E-state index >= 15 is 0 Å². The zero-order valence-electron chi connectivity index (χ0n) is 20.5. The number of nitrogens with zero attached hydrogens (tertiary/aromatic N) is 4. The van der Waals surface area contributed by atoms with E-state index in [1.54, 1.807) is 6.08 Å². The molecule has 7 heteroatoms. The number of carbonyl (C=O) groups excluding carboxylic acids is 1. The van der Waals surface area contributed by atoms with E-state index in [0.29, 0.717) is 11.1 Å². The second-order valence-corrected chi connectivity index (χ2v) is 10.1. The van der Waals surface area contributed by atoms with Gasteiger partial charge < -0.3 is 4.57 Å². The van der Waals surface area contributed by atoms with Crippen molar-refractivity contribution in [2.75, 3.05) is 0 Å². The molecule has 0 aliphatic carbocycles. The van der Waals surface area contributed by atoms with Crippen LogP contribution in [0.4, 0.5) is 0 Å². The minimum absolute atomic E-state index is 0.0437. The zero-order chi connectivity index (χ0) is 24.9. The Morgan fingerprint density at radius 2 is 1.74 bits per heavy atom. The lowest BCUT2D eigenvalue weighted by molar-refractivity contribution is -0.114. The molecule has 2 aromatic carbocycles. The van der Waals surface area contributed by atoms with Crippen LogP contribution in [0.15, 0.2) is 70.3 Å². The molecule has 5 rings (SSSR count). The van der Waals surface area contributed by atoms with Gasteiger partial charge in [-0.3, -0.25) is 10.2 Å². The quantitative estimate of drug-likeness (QED) is 0.451. The monoisotopic (exact) mass is 481 g/mol. The first-order valence-corrected chi connectivity index (χ1v) is 12.4. The minimum Gasteiger partial charge on any atom is -0.318 e. The molecule has 1 aromatic heterocycles. The van der Waals surface area contributed by atoms with Crippen molar-refractivity contribution in [2.45, 2.75) is 40.5 Å². The normalized spacial score (nSPS) is 16.7. The highest BCUT2D eigenvalue weighted by Crippen LogP contribution is 2.32. The predicted octanol–water partition coefficient (Wildman–Crippen LogP) is 6.19. The lowest BCUT2D eigenvalue weighted by atomic mass is 10.0. The molecule has 0 unspecified atom stereocenters. The van der Waals surface area contributed by atoms with E-state index in [2.05, 4.69) is 52.8 Å². The average molecular weight is 482 g/mol. The molecule has 0 spiro atoms. The SMILES string of the molecule is Cc1ccccc1C1=NN2C(=N)C(=Cc3cc(C)n(-c4ccc(C(C)C)cc4)c3C)C(=O)N=C2S1. The van der Waals surface area contributed by atoms with Gasteiger partial charge in [-0.15, -0.1) is 0 Å². The van der Waals surface area contributed by atoms with Crippen molar-refractivity contribution in [1.29, 1.82) is 5.41 Å². The van der Waals surface area contributed by atoms with Crippen LogP contribution in [0.5, 0.6) is 0 Å². The number of amidine groups is 2. The lowest BCUT2D eigenvalue weighted by Crippen LogP contribution is -2.35. The first kappa shape index (κ1) is 23.1. The van der Waals surface area contributed by atoms with Crippen LogP contribution in [-0.4, -0.2) is 31.5 Å². The van der Waals surface area contributed by atoms with E-state index in [1.807, 2.05) is 51.1 Å². The van der Waals surface area contributed by atoms with Crippen molar-refractivity contribution in [3.63, 3.8) is 0 Å². The van der Waals surface area contributed by atoms with Gasteiger partial charge in [-0.1, -0.05) is 50.2 Å². The number of hydrogen-bond acceptors (Lipinski definition) is 4. The fourth-order valence-corrected chi connectivity index (χ4v) is 5.39. The number of fused-ring (bicyclic) bond motifs is 1. The summed E-state index contributed by atoms with van der Waals surface area (Å²) in [5.74, 6) is 0.103. The summed E-state index contributed by atoms with van der Waals surface area (Å²) in [6.45, 7) is 10.5. The second-order valence-electron chi connectivity index (χ2n) is 9.15. The molecule has 176 valence electrons. The summed E-state index contributed by atoms with van der Waals surface area (Å²) in [6, 6.07) is 18.5. The Bertz CT molecular complexity index is 1460. The van der Waals surface area contributed by atoms with Gasteiger partial charge in [0.25, 0.3) is 5.91 Å². The highest BCUT2D eigenvalue weighted by molar-refractivity contribution is 8.27. The second kappa shape index (κ2) is 8.82. The van der Waals surface area contributed by atoms with E-state index in [9.17, 15) is 4.79 Å². The van der Waals surface area contributed by atoms with Gasteiger partial charge in [0.15, 0.2) is 5.84 Å². The summed E-state index contributed by atoms with van der Waals surface area (Å²) in [6.07, 6.45) is 1.76. The van der Waals surface area contributed by atoms with Gasteiger partial charge in [-0.2, -0.15) is 15.1 Å². The Labute approximate surface area is 209 Å². The van der Waals surface area contributed by atoms with E-state index in [-0.39, 0.29) is 11.4 Å². The molecule has 0 saturated carbocycles. The number of carbonyl (C=O) groups is 1. The first-order chi connectivity index (χ1) is 16.7. The molecule has 0 atom stereocenters. The van der Waals surface area contributed by atoms with E-state index in [1.165, 1.54) is 22.3 Å². The van der Waals surface area contributed by atoms with Gasteiger partial charge in [0.05, 0.1) is 5.57 Å². The van der Waals surface area contributed by atoms with Gasteiger partial charge >= 0.3 is 0 Å². The number of hydrogen-bond donors (Lipinski definition) is 1. The molecule has 0 radical (unpaired) electrons. The number of aryl methyl sites for hydroxylation is 2. The van der Waals surface area contributed by atoms with Crippen molar-refractivity contribution in [2.24, 2.45) is 10.1 Å². The van der Waals surface area contributed by atoms with Crippen LogP contribution in [0.1, 0.15) is 53.4 Å². The van der Waals surface area contributed by atoms with E-state index < -0.39 is 5.91 Å². The molecule has 1 N–H and O–H groups in total. The molecular weight excluding hydrogens is 454 g/mol. The van der Waals surface area contributed by atoms with Gasteiger partial charge in [0, 0.05) is 22.6 Å². The number of thioether (sulfide) groups is 1. The third kappa shape index (κ3) is 4.06. The molecule has 3 heterocycles. The largest absolute Gasteiger partial charge is 0.318 e. The zero-order valence-corrected chi connectivity index (χ0v) is 21.3. The van der Waals surface area contributed by atoms with Gasteiger partial charge in [0.2, 0.25) is 5.17 Å². The molecule has 35 heavy (non-hydrogen) atoms. The summed E-state index contributed by atoms with van der Waals surface area (Å²) in [5, 5.41) is 16.0. The maximum absolute atomic E-state index is 12.9. The molecule has 2 aliphatic heterocycles. The van der Waals surface area contributed by atoms with Crippen LogP contribution in [0.25, 0.3) is 11.8 Å². The van der Waals surface area contributed by atoms with Crippen molar-refractivity contribution in [1.82, 2.24) is 9.58 Å². The topological polar surface area (TPSA) is 73.8 Å². The number of aromatic nitrogens is 1. The molecular formula is C28H27N5OS. The van der Waals surface area contributed by atoms with E-state index in [4.69, 9.17) is 5.41 Å². The average Bonchev–Trinajstić information content (AvgIpc) is 3.37. The predicted molar refractivity (Wildman–Crippen MR) is 145 cm³/mol. The van der Waals surface area contributed by atoms with Crippen molar-refractivity contribution < 1.29 is 4.79 Å². The Hall–Kier alpha value is -3.71. The first-order valence-electron chi connectivity index (χ1n) is 11.6. The molecule has 6 nitrogen and oxygen atoms in total. The lowest BCUT2D eigenvalue weighted by Gasteiger charge is -2.20. The van der Waals surface area contributed by atoms with Crippen LogP contribution >= 0.6 is 11.8 Å². The fourth-order valence-electron chi connectivity index (χ4n) is 4.41. The minimum atomic E-state index is -0.416. The van der Waals surface area contributed by atoms with Gasteiger partial charge in [-0.25, -0.2) is 0 Å². The smallest absolute Gasteiger partial charge is 0.283 e. The Kier molecular flexibility index (Phi) is 5.81. The Morgan fingerprint density at radius 3 is 2.43 bits per heavy atom. The molecule has 2 aliphatic rings. The maximum atomic E-state index is 12.9. The number of rotatable bonds is 4. The van der Waals surface area contributed by atoms with Crippen LogP contribution < -0.4 is 0 Å². The highest BCUT2D eigenvalue weighted by Gasteiger charge is 2.36. The number of hydrazone groups is 1. The third-order valence-corrected chi connectivity index (χ3v) is 7.36. The standard InChI is InChI=1S/C28H27N5OS/c1-16(2)20-10-12-22(13-11-20)32-18(4)14-21(19(32)5)15-24-25(29)33-28(30-26(24)34)35-27(31-33)23-9-7-6-8-17(23)3/h6-16,29H,1-5H3. The van der Waals surface area contributed by atoms with Crippen molar-refractivity contribution >= 4 is 39.8 Å². The summed E-state index contributed by atoms with van der Waals surface area (Å²) in [5.41, 5.74) is 7.61. The number of amides is 1. The molecule has 0 fully saturated rings. The summed E-state index contributed by atoms with van der Waals surface area (Å²) in [4.78, 5) is 17.2. The van der Waals surface area contributed by atoms with E-state index in [0.717, 1.165) is 38.8 Å². The third-order valence-electron chi connectivity index (χ3n) is 6.42. The van der Waals surface area contributed by atoms with Crippen LogP contribution in [0.3, 0.4) is 0 Å². The highest BCUT2D eigenvalue weighted by atomic mass is 32.2. The molecule has 1 amide bonds. The van der Waals surface area contributed by atoms with Gasteiger partial charge in [-0.05, 0) is 79.4 Å². The molecule has 0 bridgehead atoms. The number of nitrogens with one attached hydrogen (secondary N) is 1. The summed E-state index contributed by atoms with van der Waals surface area (Å²) < 4.78 is 2.17. The van der Waals surface area contributed by atoms with Crippen molar-refractivity contribution in [3.05, 3.63) is 93.8 Å². The number of aliphatic imine (C=N–C) groups is 1. The van der Waals surface area contributed by atoms with Gasteiger partial charge in [0.1, 0.15) is 5.04 Å². The number of benzene rings is 2. The van der Waals surface area contributed by atoms with Crippen LogP contribution in [0.2, 0.25) is 0 Å². The maximum Gasteiger partial charge on any atom is 0.283 e. The molecule has 3 aromatic rings. The van der Waals surface area contributed by atoms with Crippen LogP contribution in [0, 0.1) is 26.2 Å².